The third kappa shape index (κ3) is 2.78. The van der Waals surface area contributed by atoms with Gasteiger partial charge in [0.15, 0.2) is 11.5 Å². The molecule has 0 fully saturated rings. The van der Waals surface area contributed by atoms with Gasteiger partial charge in [0.2, 0.25) is 5.95 Å². The predicted molar refractivity (Wildman–Crippen MR) is 86.3 cm³/mol. The Labute approximate surface area is 138 Å². The molecule has 0 bridgehead atoms. The van der Waals surface area contributed by atoms with Crippen LogP contribution in [0.2, 0.25) is 0 Å². The summed E-state index contributed by atoms with van der Waals surface area (Å²) in [6.07, 6.45) is 3.80. The van der Waals surface area contributed by atoms with Gasteiger partial charge in [0.1, 0.15) is 18.1 Å². The lowest BCUT2D eigenvalue weighted by Gasteiger charge is -2.25. The molecule has 1 aliphatic heterocycles. The number of nitrogens with zero attached hydrogens (tertiary/aromatic N) is 3. The summed E-state index contributed by atoms with van der Waals surface area (Å²) in [4.78, 5) is 15.5. The molecule has 2 aromatic rings. The van der Waals surface area contributed by atoms with Crippen molar-refractivity contribution in [1.29, 1.82) is 0 Å². The number of carboxylic acids is 1. The molecule has 1 aromatic carbocycles. The van der Waals surface area contributed by atoms with Crippen LogP contribution in [0.5, 0.6) is 11.5 Å². The molecular weight excluding hydrogens is 312 g/mol. The molecular formula is C16H18N4O4. The van der Waals surface area contributed by atoms with Crippen LogP contribution in [0.25, 0.3) is 0 Å². The third-order valence-electron chi connectivity index (χ3n) is 3.64. The average molecular weight is 330 g/mol. The molecule has 1 atom stereocenters. The summed E-state index contributed by atoms with van der Waals surface area (Å²) in [5.74, 6) is 0.472. The molecule has 2 N–H and O–H groups in total. The minimum atomic E-state index is -1.06. The lowest BCUT2D eigenvalue weighted by molar-refractivity contribution is -0.132. The summed E-state index contributed by atoms with van der Waals surface area (Å²) in [7, 11) is 1.57. The smallest absolute Gasteiger partial charge is 0.352 e. The number of rotatable bonds is 6. The summed E-state index contributed by atoms with van der Waals surface area (Å²) < 4.78 is 12.9. The molecule has 8 heteroatoms. The number of hydrogen-bond acceptors (Lipinski definition) is 6. The van der Waals surface area contributed by atoms with Gasteiger partial charge in [-0.2, -0.15) is 10.1 Å². The lowest BCUT2D eigenvalue weighted by Crippen LogP contribution is -2.24. The van der Waals surface area contributed by atoms with E-state index in [1.807, 2.05) is 19.1 Å². The SMILES string of the molecule is CCCOc1c(OC)cccc1[C@H]1C=C(C(=O)O)Nc2ncnn21. The Balaban J connectivity index is 2.12. The van der Waals surface area contributed by atoms with E-state index < -0.39 is 12.0 Å². The lowest BCUT2D eigenvalue weighted by atomic mass is 10.0. The van der Waals surface area contributed by atoms with Gasteiger partial charge in [-0.05, 0) is 18.6 Å². The monoisotopic (exact) mass is 330 g/mol. The van der Waals surface area contributed by atoms with E-state index in [-0.39, 0.29) is 5.70 Å². The average Bonchev–Trinajstić information content (AvgIpc) is 3.07. The van der Waals surface area contributed by atoms with Crippen molar-refractivity contribution in [3.63, 3.8) is 0 Å². The normalized spacial score (nSPS) is 15.9. The van der Waals surface area contributed by atoms with E-state index in [0.717, 1.165) is 12.0 Å². The molecule has 2 heterocycles. The van der Waals surface area contributed by atoms with Gasteiger partial charge in [0.25, 0.3) is 0 Å². The molecule has 8 nitrogen and oxygen atoms in total. The van der Waals surface area contributed by atoms with Crippen molar-refractivity contribution in [3.05, 3.63) is 41.9 Å². The van der Waals surface area contributed by atoms with E-state index in [0.29, 0.717) is 24.1 Å². The molecule has 0 saturated heterocycles. The van der Waals surface area contributed by atoms with Gasteiger partial charge in [0.05, 0.1) is 13.7 Å². The number of allylic oxidation sites excluding steroid dienone is 1. The minimum absolute atomic E-state index is 0.0461. The fourth-order valence-corrected chi connectivity index (χ4v) is 2.57. The molecule has 0 saturated carbocycles. The van der Waals surface area contributed by atoms with Crippen molar-refractivity contribution < 1.29 is 19.4 Å². The van der Waals surface area contributed by atoms with Gasteiger partial charge in [-0.1, -0.05) is 19.1 Å². The second-order valence-electron chi connectivity index (χ2n) is 5.21. The summed E-state index contributed by atoms with van der Waals surface area (Å²) >= 11 is 0. The van der Waals surface area contributed by atoms with Crippen molar-refractivity contribution in [1.82, 2.24) is 14.8 Å². The number of ether oxygens (including phenoxy) is 2. The second-order valence-corrected chi connectivity index (χ2v) is 5.21. The molecule has 126 valence electrons. The van der Waals surface area contributed by atoms with Crippen LogP contribution in [0, 0.1) is 0 Å². The molecule has 3 rings (SSSR count). The standard InChI is InChI=1S/C16H18N4O4/c1-3-7-24-14-10(5-4-6-13(14)23-2)12-8-11(15(21)22)19-16-17-9-18-20(12)16/h4-6,8-9,12H,3,7H2,1-2H3,(H,21,22)(H,17,18,19)/t12-/m1/s1. The highest BCUT2D eigenvalue weighted by Gasteiger charge is 2.28. The second kappa shape index (κ2) is 6.61. The first-order chi connectivity index (χ1) is 11.7. The van der Waals surface area contributed by atoms with Gasteiger partial charge < -0.3 is 19.9 Å². The zero-order chi connectivity index (χ0) is 17.1. The van der Waals surface area contributed by atoms with E-state index in [2.05, 4.69) is 15.4 Å². The van der Waals surface area contributed by atoms with Crippen LogP contribution in [0.1, 0.15) is 24.9 Å². The molecule has 0 unspecified atom stereocenters. The van der Waals surface area contributed by atoms with Crippen LogP contribution in [-0.2, 0) is 4.79 Å². The highest BCUT2D eigenvalue weighted by Crippen LogP contribution is 2.39. The molecule has 0 amide bonds. The molecule has 0 aliphatic carbocycles. The van der Waals surface area contributed by atoms with Gasteiger partial charge in [-0.3, -0.25) is 0 Å². The molecule has 1 aromatic heterocycles. The maximum atomic E-state index is 11.4. The first-order valence-corrected chi connectivity index (χ1v) is 7.57. The third-order valence-corrected chi connectivity index (χ3v) is 3.64. The summed E-state index contributed by atoms with van der Waals surface area (Å²) in [6.45, 7) is 2.54. The van der Waals surface area contributed by atoms with Crippen molar-refractivity contribution >= 4 is 11.9 Å². The maximum Gasteiger partial charge on any atom is 0.352 e. The van der Waals surface area contributed by atoms with Gasteiger partial charge in [0, 0.05) is 5.56 Å². The van der Waals surface area contributed by atoms with Crippen molar-refractivity contribution in [2.24, 2.45) is 0 Å². The highest BCUT2D eigenvalue weighted by molar-refractivity contribution is 5.90. The Hall–Kier alpha value is -3.03. The van der Waals surface area contributed by atoms with Crippen LogP contribution in [0.3, 0.4) is 0 Å². The summed E-state index contributed by atoms with van der Waals surface area (Å²) in [6, 6.07) is 5.04. The Kier molecular flexibility index (Phi) is 4.37. The van der Waals surface area contributed by atoms with E-state index in [4.69, 9.17) is 9.47 Å². The van der Waals surface area contributed by atoms with Crippen LogP contribution in [0.15, 0.2) is 36.3 Å². The number of carboxylic acid groups (broad SMARTS) is 1. The van der Waals surface area contributed by atoms with E-state index in [9.17, 15) is 9.90 Å². The minimum Gasteiger partial charge on any atom is -0.493 e. The largest absolute Gasteiger partial charge is 0.493 e. The topological polar surface area (TPSA) is 98.5 Å². The quantitative estimate of drug-likeness (QED) is 0.836. The maximum absolute atomic E-state index is 11.4. The summed E-state index contributed by atoms with van der Waals surface area (Å²) in [5, 5.41) is 16.3. The zero-order valence-corrected chi connectivity index (χ0v) is 13.4. The number of benzene rings is 1. The highest BCUT2D eigenvalue weighted by atomic mass is 16.5. The van der Waals surface area contributed by atoms with Crippen molar-refractivity contribution in [2.75, 3.05) is 19.0 Å². The number of carbonyl (C=O) groups is 1. The number of para-hydroxylation sites is 1. The number of aromatic nitrogens is 3. The number of aliphatic carboxylic acids is 1. The number of fused-ring (bicyclic) bond motifs is 1. The van der Waals surface area contributed by atoms with Crippen LogP contribution >= 0.6 is 0 Å². The first-order valence-electron chi connectivity index (χ1n) is 7.57. The first kappa shape index (κ1) is 15.9. The zero-order valence-electron chi connectivity index (χ0n) is 13.4. The Morgan fingerprint density at radius 2 is 2.29 bits per heavy atom. The van der Waals surface area contributed by atoms with Gasteiger partial charge in [-0.25, -0.2) is 9.48 Å². The van der Waals surface area contributed by atoms with Crippen molar-refractivity contribution in [3.8, 4) is 11.5 Å². The number of nitrogens with one attached hydrogen (secondary N) is 1. The molecule has 1 aliphatic rings. The van der Waals surface area contributed by atoms with Gasteiger partial charge >= 0.3 is 5.97 Å². The molecule has 0 radical (unpaired) electrons. The fourth-order valence-electron chi connectivity index (χ4n) is 2.57. The Morgan fingerprint density at radius 3 is 3.00 bits per heavy atom. The van der Waals surface area contributed by atoms with Crippen LogP contribution < -0.4 is 14.8 Å². The number of hydrogen-bond donors (Lipinski definition) is 2. The van der Waals surface area contributed by atoms with Crippen LogP contribution in [-0.4, -0.2) is 39.6 Å². The number of anilines is 1. The Bertz CT molecular complexity index is 784. The Morgan fingerprint density at radius 1 is 1.46 bits per heavy atom. The fraction of sp³-hybridized carbons (Fsp3) is 0.312. The number of methoxy groups -OCH3 is 1. The van der Waals surface area contributed by atoms with E-state index in [1.54, 1.807) is 23.9 Å². The van der Waals surface area contributed by atoms with Crippen LogP contribution in [0.4, 0.5) is 5.95 Å². The van der Waals surface area contributed by atoms with Crippen molar-refractivity contribution in [2.45, 2.75) is 19.4 Å². The summed E-state index contributed by atoms with van der Waals surface area (Å²) in [5.41, 5.74) is 0.805. The molecule has 0 spiro atoms. The molecule has 24 heavy (non-hydrogen) atoms. The van der Waals surface area contributed by atoms with E-state index >= 15 is 0 Å². The van der Waals surface area contributed by atoms with Gasteiger partial charge in [-0.15, -0.1) is 0 Å². The van der Waals surface area contributed by atoms with E-state index in [1.165, 1.54) is 6.33 Å². The predicted octanol–water partition coefficient (Wildman–Crippen LogP) is 2.06.